The molecule has 0 heterocycles. The number of nitrogens with zero attached hydrogens (tertiary/aromatic N) is 2. The van der Waals surface area contributed by atoms with Crippen molar-refractivity contribution in [2.45, 2.75) is 18.7 Å². The minimum absolute atomic E-state index is 0.121. The third-order valence-electron chi connectivity index (χ3n) is 2.19. The lowest BCUT2D eigenvalue weighted by atomic mass is 10.1. The highest BCUT2D eigenvalue weighted by molar-refractivity contribution is 7.89. The fourth-order valence-electron chi connectivity index (χ4n) is 1.55. The lowest BCUT2D eigenvalue weighted by Crippen LogP contribution is -2.26. The third kappa shape index (κ3) is 3.93. The number of nitrogens with two attached hydrogens (primary N) is 4. The normalized spacial score (nSPS) is 12.3. The van der Waals surface area contributed by atoms with Crippen LogP contribution in [0.1, 0.15) is 11.1 Å². The largest absolute Gasteiger partial charge is 0.370 e. The van der Waals surface area contributed by atoms with Crippen LogP contribution in [0, 0.1) is 13.8 Å². The van der Waals surface area contributed by atoms with Gasteiger partial charge in [0.25, 0.3) is 0 Å². The van der Waals surface area contributed by atoms with Crippen LogP contribution in [0.4, 0.5) is 5.69 Å². The second-order valence-corrected chi connectivity index (χ2v) is 5.51. The Hall–Kier alpha value is -2.13. The lowest BCUT2D eigenvalue weighted by Gasteiger charge is -2.08. The number of rotatable bonds is 2. The van der Waals surface area contributed by atoms with Gasteiger partial charge < -0.3 is 17.2 Å². The smallest absolute Gasteiger partial charge is 0.240 e. The first-order valence-corrected chi connectivity index (χ1v) is 6.73. The summed E-state index contributed by atoms with van der Waals surface area (Å²) in [7, 11) is -3.93. The fraction of sp³-hybridized carbons (Fsp3) is 0.200. The average molecular weight is 284 g/mol. The Morgan fingerprint density at radius 1 is 1.16 bits per heavy atom. The molecule has 0 aliphatic heterocycles. The summed E-state index contributed by atoms with van der Waals surface area (Å²) in [4.78, 5) is 7.29. The number of hydrogen-bond acceptors (Lipinski definition) is 3. The molecule has 8 nitrogen and oxygen atoms in total. The molecule has 0 bridgehead atoms. The summed E-state index contributed by atoms with van der Waals surface area (Å²) >= 11 is 0. The van der Waals surface area contributed by atoms with Crippen molar-refractivity contribution < 1.29 is 8.42 Å². The zero-order chi connectivity index (χ0) is 14.8. The molecule has 0 atom stereocenters. The maximum atomic E-state index is 11.5. The molecular formula is C10H16N6O2S. The summed E-state index contributed by atoms with van der Waals surface area (Å²) in [5.41, 5.74) is 17.3. The molecule has 1 aromatic carbocycles. The van der Waals surface area contributed by atoms with Gasteiger partial charge in [-0.25, -0.2) is 18.5 Å². The van der Waals surface area contributed by atoms with E-state index < -0.39 is 10.0 Å². The van der Waals surface area contributed by atoms with Crippen LogP contribution >= 0.6 is 0 Å². The molecule has 0 aliphatic rings. The van der Waals surface area contributed by atoms with Gasteiger partial charge in [0.2, 0.25) is 16.0 Å². The van der Waals surface area contributed by atoms with Gasteiger partial charge >= 0.3 is 0 Å². The molecule has 19 heavy (non-hydrogen) atoms. The highest BCUT2D eigenvalue weighted by Gasteiger charge is 2.16. The van der Waals surface area contributed by atoms with E-state index in [4.69, 9.17) is 22.3 Å². The molecule has 1 aromatic rings. The standard InChI is InChI=1S/C10H16N6O2S/c1-5-3-6(2)8(7(4-5)19(14,17)18)15-10(13)16-9(11)12/h3-4H,1-2H3,(H2,14,17,18)(H6,11,12,13,15,16). The van der Waals surface area contributed by atoms with Crippen molar-refractivity contribution in [1.29, 1.82) is 0 Å². The van der Waals surface area contributed by atoms with Crippen molar-refractivity contribution in [1.82, 2.24) is 0 Å². The van der Waals surface area contributed by atoms with Crippen molar-refractivity contribution in [3.63, 3.8) is 0 Å². The molecule has 1 rings (SSSR count). The maximum Gasteiger partial charge on any atom is 0.240 e. The molecule has 0 saturated carbocycles. The van der Waals surface area contributed by atoms with Gasteiger partial charge in [0, 0.05) is 0 Å². The number of primary sulfonamides is 1. The van der Waals surface area contributed by atoms with Gasteiger partial charge in [-0.2, -0.15) is 4.99 Å². The van der Waals surface area contributed by atoms with E-state index in [0.717, 1.165) is 5.56 Å². The first-order chi connectivity index (χ1) is 8.61. The van der Waals surface area contributed by atoms with Crippen LogP contribution in [0.25, 0.3) is 0 Å². The van der Waals surface area contributed by atoms with E-state index in [1.165, 1.54) is 6.07 Å². The van der Waals surface area contributed by atoms with Crippen molar-refractivity contribution in [2.24, 2.45) is 32.3 Å². The molecule has 0 spiro atoms. The van der Waals surface area contributed by atoms with Gasteiger partial charge in [-0.3, -0.25) is 0 Å². The van der Waals surface area contributed by atoms with Crippen LogP contribution in [0.5, 0.6) is 0 Å². The van der Waals surface area contributed by atoms with E-state index in [9.17, 15) is 8.42 Å². The highest BCUT2D eigenvalue weighted by atomic mass is 32.2. The van der Waals surface area contributed by atoms with Gasteiger partial charge in [-0.15, -0.1) is 0 Å². The summed E-state index contributed by atoms with van der Waals surface area (Å²) < 4.78 is 23.1. The van der Waals surface area contributed by atoms with Crippen LogP contribution in [-0.2, 0) is 10.0 Å². The van der Waals surface area contributed by atoms with Crippen molar-refractivity contribution in [3.8, 4) is 0 Å². The Labute approximate surface area is 111 Å². The monoisotopic (exact) mass is 284 g/mol. The number of benzene rings is 1. The Balaban J connectivity index is 3.56. The summed E-state index contributed by atoms with van der Waals surface area (Å²) in [6.45, 7) is 3.43. The van der Waals surface area contributed by atoms with Gasteiger partial charge in [0.15, 0.2) is 5.96 Å². The van der Waals surface area contributed by atoms with Gasteiger partial charge in [-0.05, 0) is 31.0 Å². The number of guanidine groups is 2. The van der Waals surface area contributed by atoms with Gasteiger partial charge in [0.05, 0.1) is 5.69 Å². The van der Waals surface area contributed by atoms with E-state index in [2.05, 4.69) is 9.98 Å². The Morgan fingerprint density at radius 2 is 1.74 bits per heavy atom. The molecule has 8 N–H and O–H groups in total. The predicted molar refractivity (Wildman–Crippen MR) is 74.4 cm³/mol. The van der Waals surface area contributed by atoms with Gasteiger partial charge in [-0.1, -0.05) is 6.07 Å². The Morgan fingerprint density at radius 3 is 2.21 bits per heavy atom. The third-order valence-corrected chi connectivity index (χ3v) is 3.11. The molecule has 9 heteroatoms. The molecule has 0 fully saturated rings. The van der Waals surface area contributed by atoms with E-state index in [-0.39, 0.29) is 22.5 Å². The number of aliphatic imine (C=N–C) groups is 2. The fourth-order valence-corrected chi connectivity index (χ4v) is 2.38. The number of hydrogen-bond donors (Lipinski definition) is 4. The maximum absolute atomic E-state index is 11.5. The number of aryl methyl sites for hydroxylation is 2. The Bertz CT molecular complexity index is 659. The van der Waals surface area contributed by atoms with Crippen LogP contribution < -0.4 is 22.3 Å². The number of sulfonamides is 1. The van der Waals surface area contributed by atoms with Crippen LogP contribution in [0.3, 0.4) is 0 Å². The first kappa shape index (κ1) is 14.9. The quantitative estimate of drug-likeness (QED) is 0.410. The van der Waals surface area contributed by atoms with Gasteiger partial charge in [0.1, 0.15) is 4.90 Å². The minimum atomic E-state index is -3.93. The summed E-state index contributed by atoms with van der Waals surface area (Å²) in [6.07, 6.45) is 0. The Kier molecular flexibility index (Phi) is 4.12. The molecule has 0 aromatic heterocycles. The summed E-state index contributed by atoms with van der Waals surface area (Å²) in [6, 6.07) is 3.15. The predicted octanol–water partition coefficient (Wildman–Crippen LogP) is -0.830. The second kappa shape index (κ2) is 5.24. The lowest BCUT2D eigenvalue weighted by molar-refractivity contribution is 0.598. The van der Waals surface area contributed by atoms with Crippen LogP contribution in [0.2, 0.25) is 0 Å². The van der Waals surface area contributed by atoms with Crippen LogP contribution in [0.15, 0.2) is 27.0 Å². The minimum Gasteiger partial charge on any atom is -0.370 e. The molecule has 0 unspecified atom stereocenters. The zero-order valence-electron chi connectivity index (χ0n) is 10.6. The van der Waals surface area contributed by atoms with Crippen molar-refractivity contribution >= 4 is 27.6 Å². The van der Waals surface area contributed by atoms with E-state index in [0.29, 0.717) is 5.56 Å². The van der Waals surface area contributed by atoms with E-state index >= 15 is 0 Å². The summed E-state index contributed by atoms with van der Waals surface area (Å²) in [5, 5.41) is 5.15. The first-order valence-electron chi connectivity index (χ1n) is 5.19. The zero-order valence-corrected chi connectivity index (χ0v) is 11.4. The molecule has 0 amide bonds. The van der Waals surface area contributed by atoms with Crippen molar-refractivity contribution in [3.05, 3.63) is 23.3 Å². The molecular weight excluding hydrogens is 268 g/mol. The summed E-state index contributed by atoms with van der Waals surface area (Å²) in [5.74, 6) is -0.528. The highest BCUT2D eigenvalue weighted by Crippen LogP contribution is 2.28. The molecule has 104 valence electrons. The molecule has 0 radical (unpaired) electrons. The molecule has 0 saturated heterocycles. The average Bonchev–Trinajstić information content (AvgIpc) is 2.18. The second-order valence-electron chi connectivity index (χ2n) is 3.98. The topological polar surface area (TPSA) is 163 Å². The van der Waals surface area contributed by atoms with Crippen molar-refractivity contribution in [2.75, 3.05) is 0 Å². The van der Waals surface area contributed by atoms with E-state index in [1.807, 2.05) is 0 Å². The SMILES string of the molecule is Cc1cc(C)c(N=C(N)N=C(N)N)c(S(N)(=O)=O)c1. The van der Waals surface area contributed by atoms with E-state index in [1.54, 1.807) is 19.9 Å². The van der Waals surface area contributed by atoms with Crippen LogP contribution in [-0.4, -0.2) is 20.3 Å². The molecule has 0 aliphatic carbocycles.